The molecule has 0 amide bonds. The van der Waals surface area contributed by atoms with Crippen LogP contribution in [0.4, 0.5) is 22.0 Å². The number of hydrogen-bond acceptors (Lipinski definition) is 4. The van der Waals surface area contributed by atoms with Crippen LogP contribution in [0.25, 0.3) is 16.7 Å². The Morgan fingerprint density at radius 2 is 1.55 bits per heavy atom. The second-order valence-corrected chi connectivity index (χ2v) is 7.48. The number of fused-ring (bicyclic) bond motifs is 1. The Hall–Kier alpha value is -3.27. The summed E-state index contributed by atoms with van der Waals surface area (Å²) < 4.78 is 69.8. The summed E-state index contributed by atoms with van der Waals surface area (Å²) in [6.45, 7) is 1.71. The second kappa shape index (κ2) is 8.10. The summed E-state index contributed by atoms with van der Waals surface area (Å²) in [5.41, 5.74) is -0.544. The van der Waals surface area contributed by atoms with Crippen molar-refractivity contribution in [2.24, 2.45) is 0 Å². The molecule has 0 atom stereocenters. The molecule has 2 heterocycles. The highest BCUT2D eigenvalue weighted by atomic mass is 32.2. The van der Waals surface area contributed by atoms with Gasteiger partial charge in [0.1, 0.15) is 5.82 Å². The van der Waals surface area contributed by atoms with E-state index in [1.54, 1.807) is 43.3 Å². The zero-order chi connectivity index (χ0) is 22.3. The number of pyridine rings is 1. The predicted octanol–water partition coefficient (Wildman–Crippen LogP) is 5.08. The van der Waals surface area contributed by atoms with E-state index in [2.05, 4.69) is 9.97 Å². The van der Waals surface area contributed by atoms with Crippen LogP contribution >= 0.6 is 11.8 Å². The van der Waals surface area contributed by atoms with Crippen LogP contribution in [0.5, 0.6) is 0 Å². The smallest absolute Gasteiger partial charge is 0.267 e. The van der Waals surface area contributed by atoms with Gasteiger partial charge in [-0.25, -0.2) is 36.5 Å². The molecule has 158 valence electrons. The topological polar surface area (TPSA) is 47.8 Å². The lowest BCUT2D eigenvalue weighted by Gasteiger charge is -2.14. The number of para-hydroxylation sites is 1. The molecule has 0 saturated heterocycles. The van der Waals surface area contributed by atoms with Crippen molar-refractivity contribution in [1.29, 1.82) is 0 Å². The Kier molecular flexibility index (Phi) is 5.48. The molecule has 0 aliphatic rings. The van der Waals surface area contributed by atoms with Gasteiger partial charge in [0.2, 0.25) is 5.82 Å². The summed E-state index contributed by atoms with van der Waals surface area (Å²) in [6, 6.07) is 9.83. The van der Waals surface area contributed by atoms with Gasteiger partial charge in [-0.2, -0.15) is 0 Å². The molecule has 4 rings (SSSR count). The first-order valence-corrected chi connectivity index (χ1v) is 9.86. The van der Waals surface area contributed by atoms with Crippen molar-refractivity contribution >= 4 is 22.7 Å². The van der Waals surface area contributed by atoms with Crippen molar-refractivity contribution in [3.05, 3.63) is 93.2 Å². The van der Waals surface area contributed by atoms with E-state index in [0.29, 0.717) is 22.8 Å². The molecule has 0 spiro atoms. The van der Waals surface area contributed by atoms with E-state index in [1.165, 1.54) is 6.20 Å². The molecule has 0 aliphatic carbocycles. The summed E-state index contributed by atoms with van der Waals surface area (Å²) in [4.78, 5) is 21.7. The summed E-state index contributed by atoms with van der Waals surface area (Å²) in [5.74, 6) is -10.5. The van der Waals surface area contributed by atoms with E-state index < -0.39 is 46.0 Å². The number of benzene rings is 2. The maximum Gasteiger partial charge on any atom is 0.267 e. The van der Waals surface area contributed by atoms with Crippen molar-refractivity contribution in [2.75, 3.05) is 0 Å². The minimum Gasteiger partial charge on any atom is -0.268 e. The van der Waals surface area contributed by atoms with Crippen LogP contribution in [0.2, 0.25) is 0 Å². The number of halogens is 5. The highest BCUT2D eigenvalue weighted by molar-refractivity contribution is 7.98. The number of rotatable bonds is 4. The molecular weight excluding hydrogens is 437 g/mol. The highest BCUT2D eigenvalue weighted by Crippen LogP contribution is 2.30. The largest absolute Gasteiger partial charge is 0.268 e. The summed E-state index contributed by atoms with van der Waals surface area (Å²) in [6.07, 6.45) is 1.46. The monoisotopic (exact) mass is 449 g/mol. The third kappa shape index (κ3) is 3.56. The summed E-state index contributed by atoms with van der Waals surface area (Å²) in [7, 11) is 0. The molecule has 0 saturated carbocycles. The van der Waals surface area contributed by atoms with E-state index in [9.17, 15) is 26.7 Å². The minimum absolute atomic E-state index is 0.00515. The fraction of sp³-hybridized carbons (Fsp3) is 0.0952. The van der Waals surface area contributed by atoms with Gasteiger partial charge in [-0.1, -0.05) is 30.0 Å². The second-order valence-electron chi connectivity index (χ2n) is 6.53. The third-order valence-electron chi connectivity index (χ3n) is 4.58. The molecule has 2 aromatic carbocycles. The Morgan fingerprint density at radius 1 is 0.903 bits per heavy atom. The minimum atomic E-state index is -2.23. The van der Waals surface area contributed by atoms with Gasteiger partial charge in [0.15, 0.2) is 28.4 Å². The molecule has 4 aromatic rings. The number of aromatic nitrogens is 3. The quantitative estimate of drug-likeness (QED) is 0.143. The van der Waals surface area contributed by atoms with Crippen LogP contribution < -0.4 is 5.56 Å². The van der Waals surface area contributed by atoms with Crippen LogP contribution in [-0.2, 0) is 5.75 Å². The van der Waals surface area contributed by atoms with Gasteiger partial charge < -0.3 is 0 Å². The van der Waals surface area contributed by atoms with E-state index in [4.69, 9.17) is 0 Å². The van der Waals surface area contributed by atoms with Crippen molar-refractivity contribution < 1.29 is 22.0 Å². The number of thioether (sulfide) groups is 1. The third-order valence-corrected chi connectivity index (χ3v) is 5.55. The molecule has 0 fully saturated rings. The summed E-state index contributed by atoms with van der Waals surface area (Å²) in [5, 5.41) is 0.280. The van der Waals surface area contributed by atoms with E-state index in [-0.39, 0.29) is 16.4 Å². The molecule has 0 unspecified atom stereocenters. The van der Waals surface area contributed by atoms with Crippen LogP contribution in [0.15, 0.2) is 52.5 Å². The van der Waals surface area contributed by atoms with Gasteiger partial charge in [0.05, 0.1) is 10.9 Å². The lowest BCUT2D eigenvalue weighted by Crippen LogP contribution is -2.23. The van der Waals surface area contributed by atoms with Crippen molar-refractivity contribution in [2.45, 2.75) is 17.8 Å². The molecule has 2 aromatic heterocycles. The lowest BCUT2D eigenvalue weighted by molar-refractivity contribution is 0.372. The van der Waals surface area contributed by atoms with Crippen LogP contribution in [-0.4, -0.2) is 14.5 Å². The molecule has 0 N–H and O–H groups in total. The summed E-state index contributed by atoms with van der Waals surface area (Å²) >= 11 is 0.660. The first-order chi connectivity index (χ1) is 14.8. The van der Waals surface area contributed by atoms with E-state index in [0.717, 1.165) is 4.57 Å². The van der Waals surface area contributed by atoms with Gasteiger partial charge in [-0.3, -0.25) is 4.79 Å². The van der Waals surface area contributed by atoms with E-state index >= 15 is 0 Å². The van der Waals surface area contributed by atoms with Crippen molar-refractivity contribution in [1.82, 2.24) is 14.5 Å². The number of nitrogens with zero attached hydrogens (tertiary/aromatic N) is 3. The van der Waals surface area contributed by atoms with Gasteiger partial charge in [0.25, 0.3) is 5.56 Å². The molecule has 0 radical (unpaired) electrons. The van der Waals surface area contributed by atoms with Crippen molar-refractivity contribution in [3.8, 4) is 5.82 Å². The van der Waals surface area contributed by atoms with Gasteiger partial charge in [-0.05, 0) is 30.7 Å². The lowest BCUT2D eigenvalue weighted by atomic mass is 10.2. The molecule has 0 aliphatic heterocycles. The maximum absolute atomic E-state index is 14.1. The molecular formula is C21H12F5N3OS. The van der Waals surface area contributed by atoms with Crippen LogP contribution in [0.1, 0.15) is 11.1 Å². The van der Waals surface area contributed by atoms with Gasteiger partial charge in [0, 0.05) is 17.5 Å². The van der Waals surface area contributed by atoms with Gasteiger partial charge >= 0.3 is 0 Å². The predicted molar refractivity (Wildman–Crippen MR) is 106 cm³/mol. The zero-order valence-corrected chi connectivity index (χ0v) is 16.6. The normalized spacial score (nSPS) is 11.3. The Morgan fingerprint density at radius 3 is 2.23 bits per heavy atom. The number of hydrogen-bond donors (Lipinski definition) is 0. The van der Waals surface area contributed by atoms with E-state index in [1.807, 2.05) is 0 Å². The number of aryl methyl sites for hydroxylation is 1. The SMILES string of the molecule is Cc1cccnc1-n1c(SCc2c(F)c(F)c(F)c(F)c2F)nc2ccccc2c1=O. The fourth-order valence-corrected chi connectivity index (χ4v) is 4.01. The Balaban J connectivity index is 1.88. The van der Waals surface area contributed by atoms with Crippen molar-refractivity contribution in [3.63, 3.8) is 0 Å². The van der Waals surface area contributed by atoms with Crippen LogP contribution in [0, 0.1) is 36.0 Å². The standard InChI is InChI=1S/C21H12F5N3OS/c1-10-5-4-8-27-19(10)29-20(30)11-6-2-3-7-13(11)28-21(29)31-9-12-14(22)16(24)18(26)17(25)15(12)23/h2-8H,9H2,1H3. The van der Waals surface area contributed by atoms with Gasteiger partial charge in [-0.15, -0.1) is 0 Å². The first kappa shape index (κ1) is 21.0. The fourth-order valence-electron chi connectivity index (χ4n) is 3.02. The average Bonchev–Trinajstić information content (AvgIpc) is 2.77. The molecule has 4 nitrogen and oxygen atoms in total. The maximum atomic E-state index is 14.1. The van der Waals surface area contributed by atoms with Crippen LogP contribution in [0.3, 0.4) is 0 Å². The molecule has 0 bridgehead atoms. The molecule has 31 heavy (non-hydrogen) atoms. The average molecular weight is 449 g/mol. The zero-order valence-electron chi connectivity index (χ0n) is 15.8. The highest BCUT2D eigenvalue weighted by Gasteiger charge is 2.26. The first-order valence-electron chi connectivity index (χ1n) is 8.88. The Bertz CT molecular complexity index is 1360. The molecule has 10 heteroatoms. The Labute approximate surface area is 176 Å².